The third kappa shape index (κ3) is 2.85. The number of hydrogen-bond donors (Lipinski definition) is 2. The highest BCUT2D eigenvalue weighted by atomic mass is 16.4. The van der Waals surface area contributed by atoms with Crippen molar-refractivity contribution in [1.29, 1.82) is 0 Å². The van der Waals surface area contributed by atoms with E-state index in [-0.39, 0.29) is 12.5 Å². The minimum Gasteiger partial charge on any atom is -0.481 e. The summed E-state index contributed by atoms with van der Waals surface area (Å²) in [6, 6.07) is 3.41. The summed E-state index contributed by atoms with van der Waals surface area (Å²) in [7, 11) is 0. The summed E-state index contributed by atoms with van der Waals surface area (Å²) in [6.45, 7) is 4.14. The zero-order chi connectivity index (χ0) is 12.1. The quantitative estimate of drug-likeness (QED) is 0.789. The zero-order valence-corrected chi connectivity index (χ0v) is 9.43. The number of rotatable bonds is 5. The zero-order valence-electron chi connectivity index (χ0n) is 9.43. The molecule has 0 aromatic carbocycles. The highest BCUT2D eigenvalue weighted by molar-refractivity contribution is 5.92. The molecule has 88 valence electrons. The average Bonchev–Trinajstić information content (AvgIpc) is 2.77. The molecule has 0 fully saturated rings. The van der Waals surface area contributed by atoms with Gasteiger partial charge in [0, 0.05) is 19.3 Å². The molecule has 0 spiro atoms. The lowest BCUT2D eigenvalue weighted by atomic mass is 10.1. The predicted molar refractivity (Wildman–Crippen MR) is 59.2 cm³/mol. The molecule has 0 aliphatic carbocycles. The van der Waals surface area contributed by atoms with E-state index < -0.39 is 11.9 Å². The van der Waals surface area contributed by atoms with Gasteiger partial charge in [-0.25, -0.2) is 0 Å². The number of carboxylic acids is 1. The Bertz CT molecular complexity index is 359. The van der Waals surface area contributed by atoms with Crippen LogP contribution in [-0.4, -0.2) is 40.0 Å². The second-order valence-electron chi connectivity index (χ2n) is 3.67. The van der Waals surface area contributed by atoms with Gasteiger partial charge in [0.15, 0.2) is 0 Å². The van der Waals surface area contributed by atoms with Crippen LogP contribution in [0.3, 0.4) is 0 Å². The molecule has 0 aliphatic heterocycles. The van der Waals surface area contributed by atoms with E-state index in [1.807, 2.05) is 6.92 Å². The smallest absolute Gasteiger partial charge is 0.308 e. The molecule has 16 heavy (non-hydrogen) atoms. The summed E-state index contributed by atoms with van der Waals surface area (Å²) in [5, 5.41) is 8.79. The van der Waals surface area contributed by atoms with Crippen LogP contribution in [0, 0.1) is 5.92 Å². The van der Waals surface area contributed by atoms with Crippen molar-refractivity contribution in [2.75, 3.05) is 13.1 Å². The van der Waals surface area contributed by atoms with Crippen LogP contribution in [0.25, 0.3) is 0 Å². The number of nitrogens with one attached hydrogen (secondary N) is 1. The van der Waals surface area contributed by atoms with Crippen molar-refractivity contribution in [2.45, 2.75) is 13.8 Å². The van der Waals surface area contributed by atoms with Crippen LogP contribution in [0.5, 0.6) is 0 Å². The van der Waals surface area contributed by atoms with Gasteiger partial charge in [0.2, 0.25) is 0 Å². The number of amides is 1. The van der Waals surface area contributed by atoms with E-state index in [0.717, 1.165) is 0 Å². The van der Waals surface area contributed by atoms with Gasteiger partial charge in [-0.2, -0.15) is 0 Å². The van der Waals surface area contributed by atoms with Crippen LogP contribution < -0.4 is 0 Å². The number of carbonyl (C=O) groups excluding carboxylic acids is 1. The molecular weight excluding hydrogens is 208 g/mol. The van der Waals surface area contributed by atoms with Gasteiger partial charge in [0.05, 0.1) is 5.92 Å². The number of hydrogen-bond acceptors (Lipinski definition) is 2. The van der Waals surface area contributed by atoms with E-state index in [0.29, 0.717) is 12.2 Å². The lowest BCUT2D eigenvalue weighted by Gasteiger charge is -2.22. The molecule has 0 saturated heterocycles. The lowest BCUT2D eigenvalue weighted by Crippen LogP contribution is -2.36. The maximum absolute atomic E-state index is 11.9. The Morgan fingerprint density at radius 3 is 2.69 bits per heavy atom. The maximum Gasteiger partial charge on any atom is 0.308 e. The minimum atomic E-state index is -0.891. The Hall–Kier alpha value is -1.78. The highest BCUT2D eigenvalue weighted by Gasteiger charge is 2.20. The third-order valence-electron chi connectivity index (χ3n) is 2.41. The number of aromatic nitrogens is 1. The Balaban J connectivity index is 2.68. The fourth-order valence-electron chi connectivity index (χ4n) is 1.40. The Morgan fingerprint density at radius 1 is 1.56 bits per heavy atom. The predicted octanol–water partition coefficient (Wildman–Crippen LogP) is 1.20. The molecule has 1 heterocycles. The Kier molecular flexibility index (Phi) is 4.10. The van der Waals surface area contributed by atoms with E-state index >= 15 is 0 Å². The number of aliphatic carboxylic acids is 1. The van der Waals surface area contributed by atoms with Gasteiger partial charge in [-0.1, -0.05) is 6.92 Å². The second-order valence-corrected chi connectivity index (χ2v) is 3.67. The monoisotopic (exact) mass is 224 g/mol. The van der Waals surface area contributed by atoms with Crippen molar-refractivity contribution < 1.29 is 14.7 Å². The molecule has 1 aromatic rings. The first-order valence-corrected chi connectivity index (χ1v) is 5.21. The van der Waals surface area contributed by atoms with E-state index in [9.17, 15) is 9.59 Å². The standard InChI is InChI=1S/C11H16N2O3/c1-3-13(7-8(2)11(15)16)10(14)9-5-4-6-12-9/h4-6,8,12H,3,7H2,1-2H3,(H,15,16). The second kappa shape index (κ2) is 5.34. The van der Waals surface area contributed by atoms with Crippen LogP contribution in [0.2, 0.25) is 0 Å². The maximum atomic E-state index is 11.9. The Morgan fingerprint density at radius 2 is 2.25 bits per heavy atom. The van der Waals surface area contributed by atoms with Gasteiger partial charge in [-0.3, -0.25) is 9.59 Å². The summed E-state index contributed by atoms with van der Waals surface area (Å²) >= 11 is 0. The first kappa shape index (κ1) is 12.3. The first-order valence-electron chi connectivity index (χ1n) is 5.21. The highest BCUT2D eigenvalue weighted by Crippen LogP contribution is 2.06. The molecule has 0 bridgehead atoms. The van der Waals surface area contributed by atoms with Crippen molar-refractivity contribution in [3.05, 3.63) is 24.0 Å². The topological polar surface area (TPSA) is 73.4 Å². The van der Waals surface area contributed by atoms with Crippen molar-refractivity contribution in [1.82, 2.24) is 9.88 Å². The van der Waals surface area contributed by atoms with E-state index in [1.165, 1.54) is 4.90 Å². The van der Waals surface area contributed by atoms with Crippen molar-refractivity contribution in [3.63, 3.8) is 0 Å². The number of nitrogens with zero attached hydrogens (tertiary/aromatic N) is 1. The summed E-state index contributed by atoms with van der Waals surface area (Å²) in [6.07, 6.45) is 1.67. The van der Waals surface area contributed by atoms with Crippen LogP contribution in [0.4, 0.5) is 0 Å². The summed E-state index contributed by atoms with van der Waals surface area (Å²) in [4.78, 5) is 26.9. The van der Waals surface area contributed by atoms with E-state index in [1.54, 1.807) is 25.3 Å². The van der Waals surface area contributed by atoms with Crippen LogP contribution in [0.15, 0.2) is 18.3 Å². The number of H-pyrrole nitrogens is 1. The van der Waals surface area contributed by atoms with Crippen LogP contribution in [0.1, 0.15) is 24.3 Å². The van der Waals surface area contributed by atoms with Gasteiger partial charge < -0.3 is 15.0 Å². The summed E-state index contributed by atoms with van der Waals surface area (Å²) < 4.78 is 0. The van der Waals surface area contributed by atoms with Gasteiger partial charge in [-0.05, 0) is 19.1 Å². The molecule has 1 aromatic heterocycles. The molecule has 1 amide bonds. The van der Waals surface area contributed by atoms with E-state index in [4.69, 9.17) is 5.11 Å². The lowest BCUT2D eigenvalue weighted by molar-refractivity contribution is -0.141. The summed E-state index contributed by atoms with van der Waals surface area (Å²) in [5.74, 6) is -1.61. The van der Waals surface area contributed by atoms with Gasteiger partial charge in [0.25, 0.3) is 5.91 Å². The molecule has 5 heteroatoms. The normalized spacial score (nSPS) is 12.1. The summed E-state index contributed by atoms with van der Waals surface area (Å²) in [5.41, 5.74) is 0.486. The molecular formula is C11H16N2O3. The van der Waals surface area contributed by atoms with Crippen LogP contribution in [-0.2, 0) is 4.79 Å². The number of carbonyl (C=O) groups is 2. The molecule has 1 rings (SSSR count). The largest absolute Gasteiger partial charge is 0.481 e. The molecule has 0 radical (unpaired) electrons. The third-order valence-corrected chi connectivity index (χ3v) is 2.41. The minimum absolute atomic E-state index is 0.166. The molecule has 0 aliphatic rings. The van der Waals surface area contributed by atoms with Crippen molar-refractivity contribution >= 4 is 11.9 Å². The number of aromatic amines is 1. The van der Waals surface area contributed by atoms with Gasteiger partial charge in [0.1, 0.15) is 5.69 Å². The van der Waals surface area contributed by atoms with Gasteiger partial charge >= 0.3 is 5.97 Å². The molecule has 0 saturated carbocycles. The average molecular weight is 224 g/mol. The van der Waals surface area contributed by atoms with Crippen molar-refractivity contribution in [3.8, 4) is 0 Å². The fraction of sp³-hybridized carbons (Fsp3) is 0.455. The Labute approximate surface area is 94.1 Å². The van der Waals surface area contributed by atoms with Gasteiger partial charge in [-0.15, -0.1) is 0 Å². The molecule has 2 N–H and O–H groups in total. The molecule has 1 unspecified atom stereocenters. The van der Waals surface area contributed by atoms with Crippen molar-refractivity contribution in [2.24, 2.45) is 5.92 Å². The fourth-order valence-corrected chi connectivity index (χ4v) is 1.40. The SMILES string of the molecule is CCN(CC(C)C(=O)O)C(=O)c1ccc[nH]1. The first-order chi connectivity index (χ1) is 7.56. The number of carboxylic acid groups (broad SMARTS) is 1. The molecule has 5 nitrogen and oxygen atoms in total. The van der Waals surface area contributed by atoms with Crippen LogP contribution >= 0.6 is 0 Å². The molecule has 1 atom stereocenters. The van der Waals surface area contributed by atoms with E-state index in [2.05, 4.69) is 4.98 Å².